The van der Waals surface area contributed by atoms with Crippen LogP contribution in [0.5, 0.6) is 5.75 Å². The van der Waals surface area contributed by atoms with Gasteiger partial charge in [-0.1, -0.05) is 0 Å². The lowest BCUT2D eigenvalue weighted by Gasteiger charge is -2.03. The summed E-state index contributed by atoms with van der Waals surface area (Å²) in [6.07, 6.45) is 0. The van der Waals surface area contributed by atoms with Gasteiger partial charge in [-0.05, 0) is 42.3 Å². The lowest BCUT2D eigenvalue weighted by molar-refractivity contribution is -0.113. The van der Waals surface area contributed by atoms with E-state index in [1.54, 1.807) is 6.92 Å². The predicted molar refractivity (Wildman–Crippen MR) is 47.5 cm³/mol. The van der Waals surface area contributed by atoms with Gasteiger partial charge in [-0.25, -0.2) is 4.39 Å². The third-order valence-corrected chi connectivity index (χ3v) is 1.59. The molecule has 0 fully saturated rings. The molecule has 1 rings (SSSR count). The van der Waals surface area contributed by atoms with Gasteiger partial charge in [0.2, 0.25) is 0 Å². The molecule has 2 nitrogen and oxygen atoms in total. The number of aryl methyl sites for hydroxylation is 1. The first-order valence-electron chi connectivity index (χ1n) is 3.67. The number of rotatable bonds is 3. The number of carbonyl (C=O) groups excluding carboxylic acids is 1. The molecule has 0 bridgehead atoms. The van der Waals surface area contributed by atoms with Crippen LogP contribution >= 0.6 is 11.6 Å². The third-order valence-electron chi connectivity index (χ3n) is 1.48. The Kier molecular flexibility index (Phi) is 3.25. The molecule has 0 amide bonds. The zero-order valence-corrected chi connectivity index (χ0v) is 7.77. The molecule has 0 N–H and O–H groups in total. The predicted octanol–water partition coefficient (Wildman–Crippen LogP) is 2.28. The SMILES string of the molecule is Cc1cc(OCC(=O)Cl)ccc1F. The van der Waals surface area contributed by atoms with Crippen molar-refractivity contribution in [1.29, 1.82) is 0 Å². The summed E-state index contributed by atoms with van der Waals surface area (Å²) in [5, 5.41) is -0.582. The molecule has 0 unspecified atom stereocenters. The van der Waals surface area contributed by atoms with E-state index in [2.05, 4.69) is 0 Å². The molecule has 0 atom stereocenters. The average Bonchev–Trinajstić information content (AvgIpc) is 2.07. The van der Waals surface area contributed by atoms with Gasteiger partial charge in [-0.3, -0.25) is 4.79 Å². The Morgan fingerprint density at radius 2 is 2.31 bits per heavy atom. The monoisotopic (exact) mass is 202 g/mol. The van der Waals surface area contributed by atoms with E-state index < -0.39 is 5.24 Å². The molecule has 0 saturated carbocycles. The number of hydrogen-bond donors (Lipinski definition) is 0. The Bertz CT molecular complexity index is 325. The van der Waals surface area contributed by atoms with Gasteiger partial charge in [0.1, 0.15) is 11.6 Å². The average molecular weight is 203 g/mol. The number of carbonyl (C=O) groups is 1. The Morgan fingerprint density at radius 3 is 2.85 bits per heavy atom. The second-order valence-electron chi connectivity index (χ2n) is 2.55. The van der Waals surface area contributed by atoms with Crippen molar-refractivity contribution in [3.8, 4) is 5.75 Å². The standard InChI is InChI=1S/C9H8ClFO2/c1-6-4-7(2-3-8(6)11)13-5-9(10)12/h2-4H,5H2,1H3. The first-order chi connectivity index (χ1) is 6.09. The molecule has 4 heteroatoms. The van der Waals surface area contributed by atoms with Crippen molar-refractivity contribution in [2.45, 2.75) is 6.92 Å². The number of halogens is 2. The molecule has 0 aromatic heterocycles. The molecule has 0 radical (unpaired) electrons. The molecule has 70 valence electrons. The van der Waals surface area contributed by atoms with Gasteiger partial charge in [0.15, 0.2) is 6.61 Å². The van der Waals surface area contributed by atoms with E-state index in [-0.39, 0.29) is 12.4 Å². The summed E-state index contributed by atoms with van der Waals surface area (Å²) >= 11 is 5.06. The highest BCUT2D eigenvalue weighted by atomic mass is 35.5. The van der Waals surface area contributed by atoms with E-state index in [4.69, 9.17) is 16.3 Å². The minimum atomic E-state index is -0.582. The maximum Gasteiger partial charge on any atom is 0.259 e. The second-order valence-corrected chi connectivity index (χ2v) is 2.98. The van der Waals surface area contributed by atoms with Crippen LogP contribution in [0, 0.1) is 12.7 Å². The van der Waals surface area contributed by atoms with E-state index in [0.29, 0.717) is 11.3 Å². The van der Waals surface area contributed by atoms with Gasteiger partial charge in [-0.2, -0.15) is 0 Å². The zero-order valence-electron chi connectivity index (χ0n) is 7.01. The van der Waals surface area contributed by atoms with Crippen LogP contribution in [0.4, 0.5) is 4.39 Å². The molecular weight excluding hydrogens is 195 g/mol. The lowest BCUT2D eigenvalue weighted by atomic mass is 10.2. The summed E-state index contributed by atoms with van der Waals surface area (Å²) in [7, 11) is 0. The Morgan fingerprint density at radius 1 is 1.62 bits per heavy atom. The minimum Gasteiger partial charge on any atom is -0.484 e. The highest BCUT2D eigenvalue weighted by molar-refractivity contribution is 6.63. The highest BCUT2D eigenvalue weighted by Gasteiger charge is 2.01. The van der Waals surface area contributed by atoms with E-state index in [0.717, 1.165) is 0 Å². The lowest BCUT2D eigenvalue weighted by Crippen LogP contribution is -2.04. The molecule has 13 heavy (non-hydrogen) atoms. The topological polar surface area (TPSA) is 26.3 Å². The summed E-state index contributed by atoms with van der Waals surface area (Å²) in [6, 6.07) is 4.24. The van der Waals surface area contributed by atoms with Crippen molar-refractivity contribution in [3.05, 3.63) is 29.6 Å². The van der Waals surface area contributed by atoms with Crippen molar-refractivity contribution in [3.63, 3.8) is 0 Å². The second kappa shape index (κ2) is 4.23. The van der Waals surface area contributed by atoms with E-state index in [1.807, 2.05) is 0 Å². The first-order valence-corrected chi connectivity index (χ1v) is 4.04. The summed E-state index contributed by atoms with van der Waals surface area (Å²) in [4.78, 5) is 10.3. The third kappa shape index (κ3) is 3.03. The van der Waals surface area contributed by atoms with Crippen molar-refractivity contribution in [1.82, 2.24) is 0 Å². The summed E-state index contributed by atoms with van der Waals surface area (Å²) < 4.78 is 17.7. The van der Waals surface area contributed by atoms with Gasteiger partial charge in [0, 0.05) is 0 Å². The smallest absolute Gasteiger partial charge is 0.259 e. The molecular formula is C9H8ClFO2. The Hall–Kier alpha value is -1.09. The molecule has 1 aromatic carbocycles. The van der Waals surface area contributed by atoms with Crippen molar-refractivity contribution < 1.29 is 13.9 Å². The largest absolute Gasteiger partial charge is 0.484 e. The zero-order chi connectivity index (χ0) is 9.84. The fourth-order valence-corrected chi connectivity index (χ4v) is 0.902. The van der Waals surface area contributed by atoms with E-state index in [1.165, 1.54) is 18.2 Å². The van der Waals surface area contributed by atoms with Crippen LogP contribution in [0.2, 0.25) is 0 Å². The first kappa shape index (κ1) is 9.99. The highest BCUT2D eigenvalue weighted by Crippen LogP contribution is 2.15. The molecule has 0 spiro atoms. The number of hydrogen-bond acceptors (Lipinski definition) is 2. The maximum atomic E-state index is 12.7. The molecule has 0 aliphatic heterocycles. The van der Waals surface area contributed by atoms with Crippen LogP contribution < -0.4 is 4.74 Å². The summed E-state index contributed by atoms with van der Waals surface area (Å²) in [5.74, 6) is 0.137. The quantitative estimate of drug-likeness (QED) is 0.703. The van der Waals surface area contributed by atoms with Gasteiger partial charge in [0.25, 0.3) is 5.24 Å². The van der Waals surface area contributed by atoms with Crippen molar-refractivity contribution in [2.24, 2.45) is 0 Å². The van der Waals surface area contributed by atoms with Gasteiger partial charge >= 0.3 is 0 Å². The summed E-state index contributed by atoms with van der Waals surface area (Å²) in [5.41, 5.74) is 0.472. The van der Waals surface area contributed by atoms with Crippen molar-refractivity contribution in [2.75, 3.05) is 6.61 Å². The number of ether oxygens (including phenoxy) is 1. The fraction of sp³-hybridized carbons (Fsp3) is 0.222. The molecule has 0 aliphatic rings. The van der Waals surface area contributed by atoms with Gasteiger partial charge in [-0.15, -0.1) is 0 Å². The molecule has 0 aliphatic carbocycles. The normalized spacial score (nSPS) is 9.77. The Balaban J connectivity index is 2.68. The molecule has 0 saturated heterocycles. The van der Waals surface area contributed by atoms with Crippen LogP contribution in [-0.4, -0.2) is 11.8 Å². The van der Waals surface area contributed by atoms with Crippen LogP contribution in [0.25, 0.3) is 0 Å². The minimum absolute atomic E-state index is 0.202. The molecule has 1 aromatic rings. The van der Waals surface area contributed by atoms with Gasteiger partial charge in [0.05, 0.1) is 0 Å². The van der Waals surface area contributed by atoms with Gasteiger partial charge < -0.3 is 4.74 Å². The fourth-order valence-electron chi connectivity index (χ4n) is 0.847. The van der Waals surface area contributed by atoms with Crippen LogP contribution in [-0.2, 0) is 4.79 Å². The van der Waals surface area contributed by atoms with Crippen LogP contribution in [0.3, 0.4) is 0 Å². The Labute approximate surface area is 80.3 Å². The number of benzene rings is 1. The van der Waals surface area contributed by atoms with Crippen molar-refractivity contribution >= 4 is 16.8 Å². The maximum absolute atomic E-state index is 12.7. The molecule has 0 heterocycles. The van der Waals surface area contributed by atoms with Crippen LogP contribution in [0.1, 0.15) is 5.56 Å². The van der Waals surface area contributed by atoms with E-state index in [9.17, 15) is 9.18 Å². The summed E-state index contributed by atoms with van der Waals surface area (Å²) in [6.45, 7) is 1.41. The van der Waals surface area contributed by atoms with Crippen LogP contribution in [0.15, 0.2) is 18.2 Å². The van der Waals surface area contributed by atoms with E-state index >= 15 is 0 Å².